The van der Waals surface area contributed by atoms with Crippen molar-refractivity contribution in [3.8, 4) is 0 Å². The molecule has 0 aliphatic rings. The molecule has 1 atom stereocenters. The van der Waals surface area contributed by atoms with Gasteiger partial charge in [0.05, 0.1) is 5.84 Å². The zero-order chi connectivity index (χ0) is 19.8. The monoisotopic (exact) mass is 370 g/mol. The van der Waals surface area contributed by atoms with Crippen molar-refractivity contribution in [2.24, 2.45) is 0 Å². The van der Waals surface area contributed by atoms with Crippen LogP contribution in [0.1, 0.15) is 85.0 Å². The molecule has 1 N–H and O–H groups in total. The molecular formula is C20H38N2O4. The van der Waals surface area contributed by atoms with Crippen LogP contribution in [-0.4, -0.2) is 49.0 Å². The standard InChI is InChI=1S/C20H38N2O4/c1-5-6-7-8-9-10-11-12-13-14-19(23)26-17(2)16-25-20(24)15-22(4)18(3)21/h17,21H,5-16H2,1-4H3. The van der Waals surface area contributed by atoms with Gasteiger partial charge in [-0.15, -0.1) is 0 Å². The van der Waals surface area contributed by atoms with Gasteiger partial charge in [-0.1, -0.05) is 58.3 Å². The quantitative estimate of drug-likeness (QED) is 0.201. The molecule has 6 nitrogen and oxygen atoms in total. The Morgan fingerprint density at radius 3 is 2.04 bits per heavy atom. The fourth-order valence-electron chi connectivity index (χ4n) is 2.47. The van der Waals surface area contributed by atoms with E-state index in [1.165, 1.54) is 49.8 Å². The predicted molar refractivity (Wildman–Crippen MR) is 104 cm³/mol. The van der Waals surface area contributed by atoms with Crippen LogP contribution in [0.2, 0.25) is 0 Å². The van der Waals surface area contributed by atoms with Crippen LogP contribution in [0.25, 0.3) is 0 Å². The fourth-order valence-corrected chi connectivity index (χ4v) is 2.47. The number of carbonyl (C=O) groups is 2. The molecule has 0 spiro atoms. The van der Waals surface area contributed by atoms with Gasteiger partial charge in [-0.2, -0.15) is 0 Å². The van der Waals surface area contributed by atoms with Crippen molar-refractivity contribution < 1.29 is 19.1 Å². The predicted octanol–water partition coefficient (Wildman–Crippen LogP) is 4.31. The number of rotatable bonds is 15. The summed E-state index contributed by atoms with van der Waals surface area (Å²) in [5.74, 6) is -0.368. The second-order valence-corrected chi connectivity index (χ2v) is 7.00. The van der Waals surface area contributed by atoms with Gasteiger partial charge in [0.15, 0.2) is 0 Å². The molecule has 0 rings (SSSR count). The summed E-state index contributed by atoms with van der Waals surface area (Å²) < 4.78 is 10.3. The van der Waals surface area contributed by atoms with Crippen LogP contribution < -0.4 is 0 Å². The first-order valence-corrected chi connectivity index (χ1v) is 9.98. The van der Waals surface area contributed by atoms with Gasteiger partial charge in [0.1, 0.15) is 19.3 Å². The van der Waals surface area contributed by atoms with Gasteiger partial charge in [0.2, 0.25) is 0 Å². The van der Waals surface area contributed by atoms with Crippen LogP contribution in [0, 0.1) is 5.41 Å². The van der Waals surface area contributed by atoms with E-state index in [4.69, 9.17) is 14.9 Å². The van der Waals surface area contributed by atoms with Crippen LogP contribution in [-0.2, 0) is 19.1 Å². The number of unbranched alkanes of at least 4 members (excludes halogenated alkanes) is 8. The third kappa shape index (κ3) is 14.7. The van der Waals surface area contributed by atoms with Gasteiger partial charge in [-0.25, -0.2) is 0 Å². The Hall–Kier alpha value is -1.59. The summed E-state index contributed by atoms with van der Waals surface area (Å²) >= 11 is 0. The number of nitrogens with zero attached hydrogens (tertiary/aromatic N) is 1. The lowest BCUT2D eigenvalue weighted by molar-refractivity contribution is -0.158. The molecule has 0 aliphatic heterocycles. The average Bonchev–Trinajstić information content (AvgIpc) is 2.58. The van der Waals surface area contributed by atoms with Gasteiger partial charge in [0, 0.05) is 13.5 Å². The van der Waals surface area contributed by atoms with Gasteiger partial charge in [0.25, 0.3) is 0 Å². The molecule has 0 aromatic heterocycles. The first-order chi connectivity index (χ1) is 12.4. The van der Waals surface area contributed by atoms with E-state index in [9.17, 15) is 9.59 Å². The number of hydrogen-bond acceptors (Lipinski definition) is 5. The molecule has 6 heteroatoms. The molecule has 0 saturated carbocycles. The summed E-state index contributed by atoms with van der Waals surface area (Å²) in [7, 11) is 1.65. The van der Waals surface area contributed by atoms with E-state index in [1.54, 1.807) is 20.9 Å². The third-order valence-electron chi connectivity index (χ3n) is 4.23. The first-order valence-electron chi connectivity index (χ1n) is 9.98. The van der Waals surface area contributed by atoms with Crippen molar-refractivity contribution in [3.63, 3.8) is 0 Å². The Kier molecular flexibility index (Phi) is 14.7. The second-order valence-electron chi connectivity index (χ2n) is 7.00. The molecule has 0 heterocycles. The van der Waals surface area contributed by atoms with Crippen LogP contribution in [0.5, 0.6) is 0 Å². The minimum Gasteiger partial charge on any atom is -0.460 e. The maximum Gasteiger partial charge on any atom is 0.325 e. The average molecular weight is 371 g/mol. The van der Waals surface area contributed by atoms with Gasteiger partial charge >= 0.3 is 11.9 Å². The molecule has 152 valence electrons. The van der Waals surface area contributed by atoms with Crippen molar-refractivity contribution in [2.45, 2.75) is 91.1 Å². The summed E-state index contributed by atoms with van der Waals surface area (Å²) in [6, 6.07) is 0. The first kappa shape index (κ1) is 24.4. The second kappa shape index (κ2) is 15.6. The van der Waals surface area contributed by atoms with E-state index >= 15 is 0 Å². The minimum atomic E-state index is -0.448. The lowest BCUT2D eigenvalue weighted by Crippen LogP contribution is -2.32. The van der Waals surface area contributed by atoms with E-state index in [1.807, 2.05) is 0 Å². The Labute approximate surface area is 159 Å². The molecule has 0 fully saturated rings. The SMILES string of the molecule is CCCCCCCCCCCC(=O)OC(C)COC(=O)CN(C)C(C)=N. The molecule has 0 saturated heterocycles. The number of carbonyl (C=O) groups excluding carboxylic acids is 2. The number of ether oxygens (including phenoxy) is 2. The fraction of sp³-hybridized carbons (Fsp3) is 0.850. The minimum absolute atomic E-state index is 0.0223. The molecule has 0 aromatic rings. The molecule has 0 bridgehead atoms. The van der Waals surface area contributed by atoms with Gasteiger partial charge < -0.3 is 14.4 Å². The maximum absolute atomic E-state index is 11.8. The Morgan fingerprint density at radius 2 is 1.50 bits per heavy atom. The molecule has 0 amide bonds. The van der Waals surface area contributed by atoms with E-state index in [-0.39, 0.29) is 19.1 Å². The molecule has 1 unspecified atom stereocenters. The highest BCUT2D eigenvalue weighted by Crippen LogP contribution is 2.11. The molecule has 0 aromatic carbocycles. The van der Waals surface area contributed by atoms with E-state index < -0.39 is 12.1 Å². The Balaban J connectivity index is 3.61. The lowest BCUT2D eigenvalue weighted by atomic mass is 10.1. The summed E-state index contributed by atoms with van der Waals surface area (Å²) in [6.45, 7) is 5.61. The third-order valence-corrected chi connectivity index (χ3v) is 4.23. The number of hydrogen-bond donors (Lipinski definition) is 1. The van der Waals surface area contributed by atoms with Crippen LogP contribution in [0.4, 0.5) is 0 Å². The van der Waals surface area contributed by atoms with Crippen LogP contribution >= 0.6 is 0 Å². The largest absolute Gasteiger partial charge is 0.460 e. The molecule has 26 heavy (non-hydrogen) atoms. The van der Waals surface area contributed by atoms with Crippen molar-refractivity contribution in [3.05, 3.63) is 0 Å². The van der Waals surface area contributed by atoms with Crippen LogP contribution in [0.3, 0.4) is 0 Å². The normalized spacial score (nSPS) is 11.7. The zero-order valence-corrected chi connectivity index (χ0v) is 17.1. The van der Waals surface area contributed by atoms with Crippen molar-refractivity contribution in [1.82, 2.24) is 4.90 Å². The summed E-state index contributed by atoms with van der Waals surface area (Å²) in [4.78, 5) is 24.9. The topological polar surface area (TPSA) is 79.7 Å². The maximum atomic E-state index is 11.8. The molecular weight excluding hydrogens is 332 g/mol. The highest BCUT2D eigenvalue weighted by Gasteiger charge is 2.13. The number of likely N-dealkylation sites (N-methyl/N-ethyl adjacent to an activating group) is 1. The number of esters is 2. The highest BCUT2D eigenvalue weighted by molar-refractivity contribution is 5.81. The smallest absolute Gasteiger partial charge is 0.325 e. The number of amidine groups is 1. The van der Waals surface area contributed by atoms with Crippen molar-refractivity contribution in [2.75, 3.05) is 20.2 Å². The van der Waals surface area contributed by atoms with Crippen LogP contribution in [0.15, 0.2) is 0 Å². The van der Waals surface area contributed by atoms with E-state index in [0.717, 1.165) is 12.8 Å². The van der Waals surface area contributed by atoms with E-state index in [0.29, 0.717) is 12.3 Å². The molecule has 0 aliphatic carbocycles. The van der Waals surface area contributed by atoms with E-state index in [2.05, 4.69) is 6.92 Å². The van der Waals surface area contributed by atoms with Gasteiger partial charge in [-0.3, -0.25) is 15.0 Å². The highest BCUT2D eigenvalue weighted by atomic mass is 16.6. The van der Waals surface area contributed by atoms with Crippen molar-refractivity contribution in [1.29, 1.82) is 5.41 Å². The number of nitrogens with one attached hydrogen (secondary N) is 1. The Morgan fingerprint density at radius 1 is 0.962 bits per heavy atom. The summed E-state index contributed by atoms with van der Waals surface area (Å²) in [5, 5.41) is 7.40. The van der Waals surface area contributed by atoms with Gasteiger partial charge in [-0.05, 0) is 20.3 Å². The molecule has 0 radical (unpaired) electrons. The lowest BCUT2D eigenvalue weighted by Gasteiger charge is -2.17. The zero-order valence-electron chi connectivity index (χ0n) is 17.1. The van der Waals surface area contributed by atoms with Crippen molar-refractivity contribution >= 4 is 17.8 Å². The summed E-state index contributed by atoms with van der Waals surface area (Å²) in [5.41, 5.74) is 0. The Bertz CT molecular complexity index is 413. The summed E-state index contributed by atoms with van der Waals surface area (Å²) in [6.07, 6.45) is 10.9.